The highest BCUT2D eigenvalue weighted by Crippen LogP contribution is 2.22. The molecular formula is C18H22ClN2O2+. The van der Waals surface area contributed by atoms with E-state index < -0.39 is 0 Å². The molecule has 0 aliphatic carbocycles. The van der Waals surface area contributed by atoms with E-state index in [-0.39, 0.29) is 12.5 Å². The zero-order valence-electron chi connectivity index (χ0n) is 13.4. The van der Waals surface area contributed by atoms with Gasteiger partial charge in [-0.1, -0.05) is 48.0 Å². The van der Waals surface area contributed by atoms with Crippen molar-refractivity contribution in [2.45, 2.75) is 13.1 Å². The summed E-state index contributed by atoms with van der Waals surface area (Å²) in [5.74, 6) is 0.339. The number of amides is 1. The second-order valence-corrected chi connectivity index (χ2v) is 6.10. The maximum atomic E-state index is 11.8. The van der Waals surface area contributed by atoms with Crippen molar-refractivity contribution in [3.8, 4) is 5.75 Å². The van der Waals surface area contributed by atoms with E-state index in [0.717, 1.165) is 12.1 Å². The van der Waals surface area contributed by atoms with Crippen LogP contribution in [0.25, 0.3) is 0 Å². The van der Waals surface area contributed by atoms with Gasteiger partial charge in [-0.3, -0.25) is 4.79 Å². The SMILES string of the molecule is C[NH+](C)Cc1ccc(CNC(=O)COc2ccccc2Cl)cc1. The molecule has 0 aliphatic heterocycles. The Morgan fingerprint density at radius 3 is 2.39 bits per heavy atom. The summed E-state index contributed by atoms with van der Waals surface area (Å²) in [5.41, 5.74) is 2.34. The Morgan fingerprint density at radius 2 is 1.74 bits per heavy atom. The molecule has 4 nitrogen and oxygen atoms in total. The molecule has 0 spiro atoms. The topological polar surface area (TPSA) is 42.8 Å². The standard InChI is InChI=1S/C18H21ClN2O2/c1-21(2)12-15-9-7-14(8-10-15)11-20-18(22)13-23-17-6-4-3-5-16(17)19/h3-10H,11-13H2,1-2H3,(H,20,22)/p+1. The lowest BCUT2D eigenvalue weighted by Crippen LogP contribution is -3.04. The summed E-state index contributed by atoms with van der Waals surface area (Å²) in [7, 11) is 4.24. The number of ether oxygens (including phenoxy) is 1. The van der Waals surface area contributed by atoms with Gasteiger partial charge in [0.25, 0.3) is 5.91 Å². The predicted molar refractivity (Wildman–Crippen MR) is 91.8 cm³/mol. The van der Waals surface area contributed by atoms with Gasteiger partial charge >= 0.3 is 0 Å². The predicted octanol–water partition coefficient (Wildman–Crippen LogP) is 1.68. The number of benzene rings is 2. The summed E-state index contributed by atoms with van der Waals surface area (Å²) in [6.45, 7) is 1.42. The number of quaternary nitrogens is 1. The van der Waals surface area contributed by atoms with Gasteiger partial charge in [-0.2, -0.15) is 0 Å². The van der Waals surface area contributed by atoms with Gasteiger partial charge in [-0.15, -0.1) is 0 Å². The van der Waals surface area contributed by atoms with E-state index >= 15 is 0 Å². The van der Waals surface area contributed by atoms with Crippen LogP contribution in [0, 0.1) is 0 Å². The van der Waals surface area contributed by atoms with Gasteiger partial charge in [0.2, 0.25) is 0 Å². The zero-order valence-corrected chi connectivity index (χ0v) is 14.2. The number of carbonyl (C=O) groups excluding carboxylic acids is 1. The van der Waals surface area contributed by atoms with Crippen LogP contribution in [0.3, 0.4) is 0 Å². The van der Waals surface area contributed by atoms with E-state index in [1.807, 2.05) is 24.3 Å². The third-order valence-electron chi connectivity index (χ3n) is 3.27. The monoisotopic (exact) mass is 333 g/mol. The molecule has 0 fully saturated rings. The molecule has 23 heavy (non-hydrogen) atoms. The average Bonchev–Trinajstić information content (AvgIpc) is 2.53. The molecule has 2 rings (SSSR count). The second-order valence-electron chi connectivity index (χ2n) is 5.70. The first-order valence-electron chi connectivity index (χ1n) is 7.55. The van der Waals surface area contributed by atoms with Crippen LogP contribution >= 0.6 is 11.6 Å². The minimum atomic E-state index is -0.174. The van der Waals surface area contributed by atoms with Crippen LogP contribution in [0.5, 0.6) is 5.75 Å². The first-order chi connectivity index (χ1) is 11.0. The van der Waals surface area contributed by atoms with Crippen LogP contribution in [-0.4, -0.2) is 26.6 Å². The van der Waals surface area contributed by atoms with Crippen LogP contribution in [0.1, 0.15) is 11.1 Å². The summed E-state index contributed by atoms with van der Waals surface area (Å²) in [6.07, 6.45) is 0. The fourth-order valence-electron chi connectivity index (χ4n) is 2.14. The minimum Gasteiger partial charge on any atom is -0.482 e. The molecule has 0 heterocycles. The highest BCUT2D eigenvalue weighted by molar-refractivity contribution is 6.32. The Hall–Kier alpha value is -2.04. The van der Waals surface area contributed by atoms with E-state index in [1.54, 1.807) is 12.1 Å². The van der Waals surface area contributed by atoms with E-state index in [4.69, 9.17) is 16.3 Å². The van der Waals surface area contributed by atoms with Crippen molar-refractivity contribution >= 4 is 17.5 Å². The minimum absolute atomic E-state index is 0.0498. The maximum Gasteiger partial charge on any atom is 0.258 e. The lowest BCUT2D eigenvalue weighted by Gasteiger charge is -2.10. The summed E-state index contributed by atoms with van der Waals surface area (Å²) in [4.78, 5) is 13.2. The highest BCUT2D eigenvalue weighted by Gasteiger charge is 2.05. The maximum absolute atomic E-state index is 11.8. The summed E-state index contributed by atoms with van der Waals surface area (Å²) >= 11 is 5.97. The molecule has 5 heteroatoms. The van der Waals surface area contributed by atoms with E-state index in [0.29, 0.717) is 17.3 Å². The van der Waals surface area contributed by atoms with Gasteiger partial charge in [0.15, 0.2) is 6.61 Å². The Balaban J connectivity index is 1.77. The van der Waals surface area contributed by atoms with E-state index in [1.165, 1.54) is 10.5 Å². The van der Waals surface area contributed by atoms with Crippen molar-refractivity contribution in [3.05, 3.63) is 64.7 Å². The molecule has 0 aliphatic rings. The molecule has 0 atom stereocenters. The van der Waals surface area contributed by atoms with Crippen LogP contribution in [0.15, 0.2) is 48.5 Å². The van der Waals surface area contributed by atoms with Gasteiger partial charge in [0.1, 0.15) is 12.3 Å². The Labute approximate surface area is 142 Å². The largest absolute Gasteiger partial charge is 0.482 e. The summed E-state index contributed by atoms with van der Waals surface area (Å²) in [5, 5.41) is 3.34. The van der Waals surface area contributed by atoms with Crippen LogP contribution in [0.4, 0.5) is 0 Å². The molecule has 0 unspecified atom stereocenters. The third-order valence-corrected chi connectivity index (χ3v) is 3.58. The van der Waals surface area contributed by atoms with Crippen molar-refractivity contribution in [1.82, 2.24) is 5.32 Å². The normalized spacial score (nSPS) is 10.6. The molecule has 0 saturated heterocycles. The molecule has 0 saturated carbocycles. The van der Waals surface area contributed by atoms with Gasteiger partial charge in [-0.25, -0.2) is 0 Å². The van der Waals surface area contributed by atoms with Crippen LogP contribution in [-0.2, 0) is 17.9 Å². The number of para-hydroxylation sites is 1. The smallest absolute Gasteiger partial charge is 0.258 e. The first-order valence-corrected chi connectivity index (χ1v) is 7.93. The van der Waals surface area contributed by atoms with Gasteiger partial charge < -0.3 is 15.0 Å². The lowest BCUT2D eigenvalue weighted by molar-refractivity contribution is -0.872. The molecule has 2 aromatic rings. The quantitative estimate of drug-likeness (QED) is 0.809. The molecule has 122 valence electrons. The van der Waals surface area contributed by atoms with E-state index in [2.05, 4.69) is 31.5 Å². The molecule has 1 amide bonds. The Bertz CT molecular complexity index is 642. The molecule has 2 N–H and O–H groups in total. The van der Waals surface area contributed by atoms with Gasteiger partial charge in [-0.05, 0) is 17.7 Å². The molecule has 0 radical (unpaired) electrons. The van der Waals surface area contributed by atoms with Crippen molar-refractivity contribution < 1.29 is 14.4 Å². The van der Waals surface area contributed by atoms with Crippen molar-refractivity contribution in [3.63, 3.8) is 0 Å². The summed E-state index contributed by atoms with van der Waals surface area (Å²) in [6, 6.07) is 15.4. The van der Waals surface area contributed by atoms with Crippen LogP contribution in [0.2, 0.25) is 5.02 Å². The molecular weight excluding hydrogens is 312 g/mol. The Morgan fingerprint density at radius 1 is 1.09 bits per heavy atom. The number of carbonyl (C=O) groups is 1. The molecule has 0 bridgehead atoms. The second kappa shape index (κ2) is 8.56. The van der Waals surface area contributed by atoms with E-state index in [9.17, 15) is 4.79 Å². The van der Waals surface area contributed by atoms with Crippen molar-refractivity contribution in [2.75, 3.05) is 20.7 Å². The Kier molecular flexibility index (Phi) is 6.44. The first kappa shape index (κ1) is 17.3. The third kappa shape index (κ3) is 5.93. The fourth-order valence-corrected chi connectivity index (χ4v) is 2.33. The van der Waals surface area contributed by atoms with Gasteiger partial charge in [0.05, 0.1) is 19.1 Å². The van der Waals surface area contributed by atoms with Crippen LogP contribution < -0.4 is 15.0 Å². The lowest BCUT2D eigenvalue weighted by atomic mass is 10.1. The van der Waals surface area contributed by atoms with Crippen molar-refractivity contribution in [2.24, 2.45) is 0 Å². The van der Waals surface area contributed by atoms with Gasteiger partial charge in [0, 0.05) is 12.1 Å². The van der Waals surface area contributed by atoms with Crippen molar-refractivity contribution in [1.29, 1.82) is 0 Å². The summed E-state index contributed by atoms with van der Waals surface area (Å²) < 4.78 is 5.40. The number of halogens is 1. The fraction of sp³-hybridized carbons (Fsp3) is 0.278. The highest BCUT2D eigenvalue weighted by atomic mass is 35.5. The number of rotatable bonds is 7. The zero-order chi connectivity index (χ0) is 16.7. The number of nitrogens with one attached hydrogen (secondary N) is 2. The molecule has 0 aromatic heterocycles. The number of hydrogen-bond donors (Lipinski definition) is 2. The number of hydrogen-bond acceptors (Lipinski definition) is 2. The molecule has 2 aromatic carbocycles. The average molecular weight is 334 g/mol.